The zero-order valence-corrected chi connectivity index (χ0v) is 15.3. The number of hydrogen-bond donors (Lipinski definition) is 1. The number of ether oxygens (including phenoxy) is 1. The first-order chi connectivity index (χ1) is 11.5. The Kier molecular flexibility index (Phi) is 5.36. The molecule has 0 unspecified atom stereocenters. The van der Waals surface area contributed by atoms with Crippen LogP contribution in [0.1, 0.15) is 47.7 Å². The highest BCUT2D eigenvalue weighted by atomic mass is 35.5. The third-order valence-electron chi connectivity index (χ3n) is 3.84. The van der Waals surface area contributed by atoms with Gasteiger partial charge in [-0.05, 0) is 56.4 Å². The summed E-state index contributed by atoms with van der Waals surface area (Å²) in [6.07, 6.45) is 3.40. The molecule has 0 saturated heterocycles. The van der Waals surface area contributed by atoms with E-state index in [1.807, 2.05) is 26.0 Å². The van der Waals surface area contributed by atoms with Gasteiger partial charge in [0.05, 0.1) is 6.61 Å². The van der Waals surface area contributed by atoms with Gasteiger partial charge in [0.1, 0.15) is 10.8 Å². The van der Waals surface area contributed by atoms with E-state index < -0.39 is 0 Å². The van der Waals surface area contributed by atoms with E-state index in [1.54, 1.807) is 0 Å². The molecule has 1 aromatic carbocycles. The van der Waals surface area contributed by atoms with Gasteiger partial charge in [0.2, 0.25) is 11.0 Å². The zero-order valence-electron chi connectivity index (χ0n) is 13.8. The van der Waals surface area contributed by atoms with Crippen molar-refractivity contribution < 1.29 is 9.53 Å². The van der Waals surface area contributed by atoms with E-state index in [4.69, 9.17) is 16.3 Å². The molecule has 1 fully saturated rings. The standard InChI is InChI=1S/C17H20ClN3O2S/c1-10-8-13(9-11(2)15(10)18)23-7-3-4-14(22)19-17-21-20-16(24-17)12-5-6-12/h8-9,12H,3-7H2,1-2H3,(H,19,21,22). The predicted molar refractivity (Wildman–Crippen MR) is 96.2 cm³/mol. The summed E-state index contributed by atoms with van der Waals surface area (Å²) in [4.78, 5) is 11.9. The number of nitrogens with zero attached hydrogens (tertiary/aromatic N) is 2. The molecule has 0 bridgehead atoms. The Labute approximate surface area is 150 Å². The van der Waals surface area contributed by atoms with Gasteiger partial charge >= 0.3 is 0 Å². The lowest BCUT2D eigenvalue weighted by Crippen LogP contribution is -2.12. The summed E-state index contributed by atoms with van der Waals surface area (Å²) < 4.78 is 5.70. The third-order valence-corrected chi connectivity index (χ3v) is 5.44. The second-order valence-corrected chi connectivity index (χ2v) is 7.48. The summed E-state index contributed by atoms with van der Waals surface area (Å²) in [5.41, 5.74) is 1.99. The second kappa shape index (κ2) is 7.49. The molecule has 2 aromatic rings. The van der Waals surface area contributed by atoms with Gasteiger partial charge < -0.3 is 10.1 Å². The van der Waals surface area contributed by atoms with E-state index in [9.17, 15) is 4.79 Å². The summed E-state index contributed by atoms with van der Waals surface area (Å²) in [7, 11) is 0. The molecule has 0 radical (unpaired) electrons. The molecule has 24 heavy (non-hydrogen) atoms. The fourth-order valence-electron chi connectivity index (χ4n) is 2.37. The number of aryl methyl sites for hydroxylation is 2. The lowest BCUT2D eigenvalue weighted by molar-refractivity contribution is -0.116. The minimum Gasteiger partial charge on any atom is -0.494 e. The minimum absolute atomic E-state index is 0.0550. The first-order valence-corrected chi connectivity index (χ1v) is 9.25. The molecule has 0 atom stereocenters. The monoisotopic (exact) mass is 365 g/mol. The third kappa shape index (κ3) is 4.45. The molecule has 0 spiro atoms. The van der Waals surface area contributed by atoms with Gasteiger partial charge in [0.15, 0.2) is 0 Å². The molecule has 1 heterocycles. The Morgan fingerprint density at radius 1 is 1.33 bits per heavy atom. The topological polar surface area (TPSA) is 64.1 Å². The number of nitrogens with one attached hydrogen (secondary N) is 1. The van der Waals surface area contributed by atoms with E-state index >= 15 is 0 Å². The van der Waals surface area contributed by atoms with Crippen LogP contribution in [-0.4, -0.2) is 22.7 Å². The molecule has 7 heteroatoms. The van der Waals surface area contributed by atoms with Gasteiger partial charge in [0.25, 0.3) is 0 Å². The maximum absolute atomic E-state index is 11.9. The molecule has 1 aliphatic rings. The fraction of sp³-hybridized carbons (Fsp3) is 0.471. The molecule has 3 rings (SSSR count). The molecular weight excluding hydrogens is 346 g/mol. The molecule has 1 saturated carbocycles. The first-order valence-electron chi connectivity index (χ1n) is 8.05. The zero-order chi connectivity index (χ0) is 17.1. The molecule has 1 aliphatic carbocycles. The van der Waals surface area contributed by atoms with Gasteiger partial charge in [-0.2, -0.15) is 0 Å². The fourth-order valence-corrected chi connectivity index (χ4v) is 3.41. The molecule has 0 aliphatic heterocycles. The van der Waals surface area contributed by atoms with Gasteiger partial charge in [-0.15, -0.1) is 10.2 Å². The van der Waals surface area contributed by atoms with Gasteiger partial charge in [0, 0.05) is 17.4 Å². The Morgan fingerprint density at radius 2 is 2.04 bits per heavy atom. The largest absolute Gasteiger partial charge is 0.494 e. The van der Waals surface area contributed by atoms with Gasteiger partial charge in [-0.3, -0.25) is 4.79 Å². The summed E-state index contributed by atoms with van der Waals surface area (Å²) in [5, 5.41) is 13.3. The van der Waals surface area contributed by atoms with Crippen molar-refractivity contribution in [2.75, 3.05) is 11.9 Å². The lowest BCUT2D eigenvalue weighted by atomic mass is 10.1. The quantitative estimate of drug-likeness (QED) is 0.734. The van der Waals surface area contributed by atoms with E-state index in [2.05, 4.69) is 15.5 Å². The molecule has 128 valence electrons. The predicted octanol–water partition coefficient (Wildman–Crippen LogP) is 4.48. The van der Waals surface area contributed by atoms with Crippen LogP contribution >= 0.6 is 22.9 Å². The lowest BCUT2D eigenvalue weighted by Gasteiger charge is -2.09. The van der Waals surface area contributed by atoms with Crippen LogP contribution in [0, 0.1) is 13.8 Å². The summed E-state index contributed by atoms with van der Waals surface area (Å²) in [6, 6.07) is 3.83. The molecule has 1 amide bonds. The highest BCUT2D eigenvalue weighted by molar-refractivity contribution is 7.15. The van der Waals surface area contributed by atoms with Crippen molar-refractivity contribution >= 4 is 34.0 Å². The Bertz CT molecular complexity index is 720. The van der Waals surface area contributed by atoms with Crippen LogP contribution in [0.15, 0.2) is 12.1 Å². The molecule has 1 N–H and O–H groups in total. The van der Waals surface area contributed by atoms with Crippen molar-refractivity contribution in [1.29, 1.82) is 0 Å². The Hall–Kier alpha value is -1.66. The normalized spacial score (nSPS) is 13.8. The SMILES string of the molecule is Cc1cc(OCCCC(=O)Nc2nnc(C3CC3)s2)cc(C)c1Cl. The van der Waals surface area contributed by atoms with Crippen molar-refractivity contribution in [3.63, 3.8) is 0 Å². The number of aromatic nitrogens is 2. The van der Waals surface area contributed by atoms with Crippen LogP contribution in [0.2, 0.25) is 5.02 Å². The van der Waals surface area contributed by atoms with Crippen LogP contribution in [0.4, 0.5) is 5.13 Å². The van der Waals surface area contributed by atoms with E-state index in [1.165, 1.54) is 24.2 Å². The van der Waals surface area contributed by atoms with Crippen LogP contribution in [-0.2, 0) is 4.79 Å². The summed E-state index contributed by atoms with van der Waals surface area (Å²) >= 11 is 7.61. The van der Waals surface area contributed by atoms with Crippen molar-refractivity contribution in [3.05, 3.63) is 33.3 Å². The maximum Gasteiger partial charge on any atom is 0.226 e. The van der Waals surface area contributed by atoms with Crippen LogP contribution < -0.4 is 10.1 Å². The highest BCUT2D eigenvalue weighted by Crippen LogP contribution is 2.42. The number of carbonyl (C=O) groups is 1. The van der Waals surface area contributed by atoms with Crippen LogP contribution in [0.25, 0.3) is 0 Å². The average Bonchev–Trinajstić information content (AvgIpc) is 3.29. The molecular formula is C17H20ClN3O2S. The average molecular weight is 366 g/mol. The Balaban J connectivity index is 1.40. The minimum atomic E-state index is -0.0550. The Morgan fingerprint density at radius 3 is 2.71 bits per heavy atom. The number of amides is 1. The summed E-state index contributed by atoms with van der Waals surface area (Å²) in [6.45, 7) is 4.39. The number of anilines is 1. The van der Waals surface area contributed by atoms with E-state index in [-0.39, 0.29) is 5.91 Å². The summed E-state index contributed by atoms with van der Waals surface area (Å²) in [5.74, 6) is 1.29. The van der Waals surface area contributed by atoms with Crippen molar-refractivity contribution in [2.24, 2.45) is 0 Å². The number of rotatable bonds is 7. The second-order valence-electron chi connectivity index (χ2n) is 6.09. The van der Waals surface area contributed by atoms with Crippen molar-refractivity contribution in [2.45, 2.75) is 45.4 Å². The molecule has 5 nitrogen and oxygen atoms in total. The highest BCUT2D eigenvalue weighted by Gasteiger charge is 2.27. The first kappa shape index (κ1) is 17.2. The maximum atomic E-state index is 11.9. The number of benzene rings is 1. The van der Waals surface area contributed by atoms with E-state index in [0.717, 1.165) is 26.9 Å². The smallest absolute Gasteiger partial charge is 0.226 e. The van der Waals surface area contributed by atoms with Crippen LogP contribution in [0.3, 0.4) is 0 Å². The van der Waals surface area contributed by atoms with Crippen LogP contribution in [0.5, 0.6) is 5.75 Å². The molecule has 1 aromatic heterocycles. The number of halogens is 1. The van der Waals surface area contributed by atoms with Gasteiger partial charge in [-0.25, -0.2) is 0 Å². The van der Waals surface area contributed by atoms with Crippen molar-refractivity contribution in [1.82, 2.24) is 10.2 Å². The van der Waals surface area contributed by atoms with Gasteiger partial charge in [-0.1, -0.05) is 22.9 Å². The number of carbonyl (C=O) groups excluding carboxylic acids is 1. The van der Waals surface area contributed by atoms with E-state index in [0.29, 0.717) is 30.5 Å². The van der Waals surface area contributed by atoms with Crippen molar-refractivity contribution in [3.8, 4) is 5.75 Å². The number of hydrogen-bond acceptors (Lipinski definition) is 5.